The summed E-state index contributed by atoms with van der Waals surface area (Å²) in [6.07, 6.45) is 6.51. The van der Waals surface area contributed by atoms with Crippen molar-refractivity contribution in [2.24, 2.45) is 23.7 Å². The molecule has 1 heterocycles. The van der Waals surface area contributed by atoms with E-state index >= 15 is 0 Å². The smallest absolute Gasteiger partial charge is 0.307 e. The summed E-state index contributed by atoms with van der Waals surface area (Å²) in [5.74, 6) is -2.56. The number of anilines is 2. The molecule has 1 aliphatic heterocycles. The Morgan fingerprint density at radius 3 is 2.39 bits per heavy atom. The normalized spacial score (nSPS) is 25.9. The summed E-state index contributed by atoms with van der Waals surface area (Å²) in [5.41, 5.74) is 3.26. The summed E-state index contributed by atoms with van der Waals surface area (Å²) in [4.78, 5) is 39.4. The van der Waals surface area contributed by atoms with E-state index in [1.165, 1.54) is 5.56 Å². The predicted octanol–water partition coefficient (Wildman–Crippen LogP) is 3.74. The molecule has 0 saturated heterocycles. The lowest BCUT2D eigenvalue weighted by molar-refractivity contribution is -0.146. The zero-order valence-corrected chi connectivity index (χ0v) is 17.0. The van der Waals surface area contributed by atoms with Crippen LogP contribution in [0.25, 0.3) is 0 Å². The highest BCUT2D eigenvalue weighted by molar-refractivity contribution is 6.07. The van der Waals surface area contributed by atoms with Gasteiger partial charge in [0.2, 0.25) is 5.91 Å². The number of hydrogen-bond acceptors (Lipinski definition) is 3. The predicted molar refractivity (Wildman–Crippen MR) is 117 cm³/mol. The van der Waals surface area contributed by atoms with Crippen molar-refractivity contribution in [2.45, 2.75) is 19.3 Å². The molecular weight excluding hydrogens is 392 g/mol. The molecule has 1 saturated carbocycles. The third kappa shape index (κ3) is 3.42. The number of para-hydroxylation sites is 1. The summed E-state index contributed by atoms with van der Waals surface area (Å²) in [5, 5.41) is 12.4. The van der Waals surface area contributed by atoms with Crippen LogP contribution in [0.3, 0.4) is 0 Å². The van der Waals surface area contributed by atoms with Gasteiger partial charge in [-0.15, -0.1) is 0 Å². The average molecular weight is 416 g/mol. The second-order valence-corrected chi connectivity index (χ2v) is 8.59. The molecule has 0 aromatic heterocycles. The number of hydrogen-bond donors (Lipinski definition) is 2. The van der Waals surface area contributed by atoms with Crippen molar-refractivity contribution >= 4 is 29.2 Å². The Balaban J connectivity index is 1.30. The van der Waals surface area contributed by atoms with Gasteiger partial charge in [0.15, 0.2) is 0 Å². The van der Waals surface area contributed by atoms with Gasteiger partial charge in [0, 0.05) is 23.5 Å². The van der Waals surface area contributed by atoms with Crippen molar-refractivity contribution in [1.82, 2.24) is 0 Å². The first kappa shape index (κ1) is 19.5. The second kappa shape index (κ2) is 7.69. The van der Waals surface area contributed by atoms with E-state index in [-0.39, 0.29) is 23.7 Å². The first-order valence-electron chi connectivity index (χ1n) is 10.7. The van der Waals surface area contributed by atoms with Gasteiger partial charge in [-0.3, -0.25) is 14.4 Å². The fourth-order valence-corrected chi connectivity index (χ4v) is 5.34. The van der Waals surface area contributed by atoms with Gasteiger partial charge in [0.25, 0.3) is 5.91 Å². The van der Waals surface area contributed by atoms with E-state index in [1.807, 2.05) is 35.3 Å². The highest BCUT2D eigenvalue weighted by atomic mass is 16.4. The minimum absolute atomic E-state index is 0.0221. The zero-order chi connectivity index (χ0) is 21.5. The fourth-order valence-electron chi connectivity index (χ4n) is 5.34. The van der Waals surface area contributed by atoms with Crippen LogP contribution >= 0.6 is 0 Å². The molecule has 31 heavy (non-hydrogen) atoms. The summed E-state index contributed by atoms with van der Waals surface area (Å²) >= 11 is 0. The number of carboxylic acids is 1. The van der Waals surface area contributed by atoms with E-state index in [9.17, 15) is 19.5 Å². The molecule has 158 valence electrons. The monoisotopic (exact) mass is 416 g/mol. The van der Waals surface area contributed by atoms with E-state index in [0.717, 1.165) is 24.9 Å². The maximum absolute atomic E-state index is 13.1. The van der Waals surface area contributed by atoms with Crippen LogP contribution in [0, 0.1) is 23.7 Å². The van der Waals surface area contributed by atoms with Gasteiger partial charge in [0.05, 0.1) is 11.8 Å². The van der Waals surface area contributed by atoms with Crippen LogP contribution in [-0.4, -0.2) is 29.4 Å². The standard InChI is InChI=1S/C25H24N2O4/c28-23(21-17-7-8-18(14-17)22(21)25(30)31)26-19-11-9-16(10-12-19)24(29)27-13-3-5-15-4-1-2-6-20(15)27/h1-2,4,6-12,17-18,21-22H,3,5,13-14H2,(H,26,28)(H,30,31)/t17-,18+,21+,22+/m1/s1. The van der Waals surface area contributed by atoms with E-state index in [1.54, 1.807) is 24.3 Å². The van der Waals surface area contributed by atoms with Crippen LogP contribution in [0.1, 0.15) is 28.8 Å². The van der Waals surface area contributed by atoms with Crippen molar-refractivity contribution in [3.05, 3.63) is 71.8 Å². The van der Waals surface area contributed by atoms with Crippen molar-refractivity contribution < 1.29 is 19.5 Å². The third-order valence-electron chi connectivity index (χ3n) is 6.80. The quantitative estimate of drug-likeness (QED) is 0.744. The van der Waals surface area contributed by atoms with Gasteiger partial charge in [-0.1, -0.05) is 30.4 Å². The Hall–Kier alpha value is -3.41. The molecule has 2 aromatic rings. The largest absolute Gasteiger partial charge is 0.481 e. The van der Waals surface area contributed by atoms with Crippen LogP contribution < -0.4 is 10.2 Å². The van der Waals surface area contributed by atoms with Crippen LogP contribution in [0.15, 0.2) is 60.7 Å². The van der Waals surface area contributed by atoms with Gasteiger partial charge < -0.3 is 15.3 Å². The number of nitrogens with one attached hydrogen (secondary N) is 1. The molecule has 2 amide bonds. The number of carbonyl (C=O) groups is 3. The van der Waals surface area contributed by atoms with Gasteiger partial charge in [-0.05, 0) is 67.0 Å². The summed E-state index contributed by atoms with van der Waals surface area (Å²) in [6.45, 7) is 0.683. The van der Waals surface area contributed by atoms with Crippen molar-refractivity contribution in [3.63, 3.8) is 0 Å². The maximum atomic E-state index is 13.1. The number of amides is 2. The van der Waals surface area contributed by atoms with E-state index in [0.29, 0.717) is 17.8 Å². The zero-order valence-electron chi connectivity index (χ0n) is 17.0. The number of aryl methyl sites for hydroxylation is 1. The van der Waals surface area contributed by atoms with Crippen molar-refractivity contribution in [3.8, 4) is 0 Å². The molecule has 2 aliphatic carbocycles. The Morgan fingerprint density at radius 1 is 0.935 bits per heavy atom. The number of carboxylic acid groups (broad SMARTS) is 1. The first-order chi connectivity index (χ1) is 15.0. The first-order valence-corrected chi connectivity index (χ1v) is 10.7. The Kier molecular flexibility index (Phi) is 4.85. The van der Waals surface area contributed by atoms with E-state index in [4.69, 9.17) is 0 Å². The fraction of sp³-hybridized carbons (Fsp3) is 0.320. The van der Waals surface area contributed by atoms with E-state index < -0.39 is 17.8 Å². The summed E-state index contributed by atoms with van der Waals surface area (Å²) < 4.78 is 0. The molecule has 6 nitrogen and oxygen atoms in total. The second-order valence-electron chi connectivity index (χ2n) is 8.59. The van der Waals surface area contributed by atoms with E-state index in [2.05, 4.69) is 11.4 Å². The highest BCUT2D eigenvalue weighted by Crippen LogP contribution is 2.48. The minimum Gasteiger partial charge on any atom is -0.481 e. The maximum Gasteiger partial charge on any atom is 0.307 e. The molecular formula is C25H24N2O4. The lowest BCUT2D eigenvalue weighted by atomic mass is 9.82. The van der Waals surface area contributed by atoms with Crippen LogP contribution in [0.4, 0.5) is 11.4 Å². The van der Waals surface area contributed by atoms with Gasteiger partial charge in [-0.2, -0.15) is 0 Å². The lowest BCUT2D eigenvalue weighted by Crippen LogP contribution is -2.36. The topological polar surface area (TPSA) is 86.7 Å². The molecule has 2 aromatic carbocycles. The Bertz CT molecular complexity index is 1080. The summed E-state index contributed by atoms with van der Waals surface area (Å²) in [7, 11) is 0. The molecule has 4 atom stereocenters. The Labute approximate surface area is 180 Å². The minimum atomic E-state index is -0.917. The average Bonchev–Trinajstić information content (AvgIpc) is 3.41. The number of nitrogens with zero attached hydrogens (tertiary/aromatic N) is 1. The molecule has 2 N–H and O–H groups in total. The van der Waals surface area contributed by atoms with Crippen LogP contribution in [0.2, 0.25) is 0 Å². The number of carbonyl (C=O) groups excluding carboxylic acids is 2. The SMILES string of the molecule is O=C(Nc1ccc(C(=O)N2CCCc3ccccc32)cc1)[C@@H]1[C@@H](C(=O)O)[C@H]2C=C[C@@H]1C2. The molecule has 5 rings (SSSR count). The van der Waals surface area contributed by atoms with Crippen LogP contribution in [-0.2, 0) is 16.0 Å². The van der Waals surface area contributed by atoms with Crippen molar-refractivity contribution in [2.75, 3.05) is 16.8 Å². The highest BCUT2D eigenvalue weighted by Gasteiger charge is 2.51. The molecule has 3 aliphatic rings. The Morgan fingerprint density at radius 2 is 1.65 bits per heavy atom. The number of benzene rings is 2. The summed E-state index contributed by atoms with van der Waals surface area (Å²) in [6, 6.07) is 14.8. The van der Waals surface area contributed by atoms with Crippen molar-refractivity contribution in [1.29, 1.82) is 0 Å². The molecule has 2 bridgehead atoms. The number of fused-ring (bicyclic) bond motifs is 3. The molecule has 0 radical (unpaired) electrons. The molecule has 0 unspecified atom stereocenters. The lowest BCUT2D eigenvalue weighted by Gasteiger charge is -2.29. The molecule has 1 fully saturated rings. The molecule has 0 spiro atoms. The van der Waals surface area contributed by atoms with Gasteiger partial charge in [0.1, 0.15) is 0 Å². The number of allylic oxidation sites excluding steroid dienone is 2. The van der Waals surface area contributed by atoms with Gasteiger partial charge in [-0.25, -0.2) is 0 Å². The molecule has 6 heteroatoms. The third-order valence-corrected chi connectivity index (χ3v) is 6.80. The van der Waals surface area contributed by atoms with Gasteiger partial charge >= 0.3 is 5.97 Å². The van der Waals surface area contributed by atoms with Crippen LogP contribution in [0.5, 0.6) is 0 Å². The number of aliphatic carboxylic acids is 1. The number of rotatable bonds is 4.